The number of hydrogen-bond acceptors (Lipinski definition) is 3. The highest BCUT2D eigenvalue weighted by Crippen LogP contribution is 2.27. The third-order valence-corrected chi connectivity index (χ3v) is 4.74. The lowest BCUT2D eigenvalue weighted by atomic mass is 9.95. The largest absolute Gasteiger partial charge is 0.457 e. The van der Waals surface area contributed by atoms with E-state index in [4.69, 9.17) is 16.3 Å². The molecule has 0 radical (unpaired) electrons. The summed E-state index contributed by atoms with van der Waals surface area (Å²) in [7, 11) is 1.99. The molecule has 0 amide bonds. The molecule has 0 bridgehead atoms. The number of halogens is 1. The Kier molecular flexibility index (Phi) is 7.36. The molecular weight excluding hydrogens is 386 g/mol. The number of benzene rings is 1. The van der Waals surface area contributed by atoms with Crippen LogP contribution in [0.25, 0.3) is 11.3 Å². The van der Waals surface area contributed by atoms with Crippen molar-refractivity contribution in [3.05, 3.63) is 75.8 Å². The second kappa shape index (κ2) is 9.54. The van der Waals surface area contributed by atoms with Crippen molar-refractivity contribution in [2.24, 2.45) is 7.05 Å². The average Bonchev–Trinajstić information content (AvgIpc) is 2.60. The van der Waals surface area contributed by atoms with Crippen molar-refractivity contribution in [1.29, 1.82) is 0 Å². The molecular formula is C24H25ClNO3+. The second-order valence-corrected chi connectivity index (χ2v) is 7.58. The Balaban J connectivity index is 2.41. The average molecular weight is 411 g/mol. The Morgan fingerprint density at radius 2 is 1.79 bits per heavy atom. The van der Waals surface area contributed by atoms with E-state index >= 15 is 0 Å². The highest BCUT2D eigenvalue weighted by Gasteiger charge is 2.21. The highest BCUT2D eigenvalue weighted by atomic mass is 35.5. The van der Waals surface area contributed by atoms with Crippen LogP contribution in [0.5, 0.6) is 0 Å². The maximum absolute atomic E-state index is 12.8. The molecule has 1 aromatic heterocycles. The zero-order valence-corrected chi connectivity index (χ0v) is 18.2. The molecule has 0 unspecified atom stereocenters. The summed E-state index contributed by atoms with van der Waals surface area (Å²) in [6, 6.07) is 5.96. The molecule has 0 aliphatic rings. The van der Waals surface area contributed by atoms with E-state index in [1.807, 2.05) is 33.0 Å². The molecule has 1 heterocycles. The molecule has 0 aliphatic heterocycles. The standard InChI is InChI=1S/C24H25ClNO3/c1-7-8-19(11-22(25)27)14-29-24(28)21-12-20(16(3)10-17(21)4)23-18(5)9-15(2)13-26(23)6/h9-10,12-13H,1,11,14H2,2-6H3/q+1. The molecule has 2 aromatic rings. The predicted molar refractivity (Wildman–Crippen MR) is 114 cm³/mol. The number of carbonyl (C=O) groups is 2. The van der Waals surface area contributed by atoms with Crippen LogP contribution in [-0.4, -0.2) is 17.8 Å². The first-order chi connectivity index (χ1) is 13.6. The van der Waals surface area contributed by atoms with E-state index in [0.717, 1.165) is 27.9 Å². The first-order valence-corrected chi connectivity index (χ1v) is 9.58. The molecule has 0 saturated carbocycles. The molecule has 0 atom stereocenters. The zero-order valence-electron chi connectivity index (χ0n) is 17.5. The normalized spacial score (nSPS) is 10.1. The fourth-order valence-corrected chi connectivity index (χ4v) is 3.64. The maximum Gasteiger partial charge on any atom is 0.338 e. The van der Waals surface area contributed by atoms with Crippen LogP contribution in [0.1, 0.15) is 39.0 Å². The van der Waals surface area contributed by atoms with Crippen molar-refractivity contribution in [2.45, 2.75) is 34.1 Å². The molecule has 29 heavy (non-hydrogen) atoms. The summed E-state index contributed by atoms with van der Waals surface area (Å²) in [5.74, 6) is -0.471. The number of aryl methyl sites for hydroxylation is 5. The van der Waals surface area contributed by atoms with Crippen LogP contribution in [0, 0.1) is 27.7 Å². The summed E-state index contributed by atoms with van der Waals surface area (Å²) in [5, 5.41) is -0.560. The molecule has 1 aromatic carbocycles. The van der Waals surface area contributed by atoms with Crippen LogP contribution in [0.2, 0.25) is 0 Å². The van der Waals surface area contributed by atoms with Crippen LogP contribution in [0.4, 0.5) is 0 Å². The Hall–Kier alpha value is -2.90. The van der Waals surface area contributed by atoms with Gasteiger partial charge in [0.15, 0.2) is 6.20 Å². The van der Waals surface area contributed by atoms with Crippen molar-refractivity contribution < 1.29 is 18.9 Å². The SMILES string of the molecule is C=C=C=C(COC(=O)c1cc(-c2c(C)cc(C)c[n+]2C)c(C)cc1C)CC(=O)Cl. The van der Waals surface area contributed by atoms with E-state index in [2.05, 4.69) is 48.7 Å². The number of carbonyl (C=O) groups excluding carboxylic acids is 2. The van der Waals surface area contributed by atoms with Gasteiger partial charge in [-0.3, -0.25) is 4.79 Å². The van der Waals surface area contributed by atoms with Gasteiger partial charge in [-0.15, -0.1) is 0 Å². The second-order valence-electron chi connectivity index (χ2n) is 7.16. The predicted octanol–water partition coefficient (Wildman–Crippen LogP) is 4.59. The fraction of sp³-hybridized carbons (Fsp3) is 0.292. The number of pyridine rings is 1. The van der Waals surface area contributed by atoms with Crippen molar-refractivity contribution in [1.82, 2.24) is 0 Å². The summed E-state index contributed by atoms with van der Waals surface area (Å²) < 4.78 is 7.48. The minimum atomic E-state index is -0.560. The molecule has 150 valence electrons. The van der Waals surface area contributed by atoms with Gasteiger partial charge in [0.1, 0.15) is 13.7 Å². The summed E-state index contributed by atoms with van der Waals surface area (Å²) in [5.41, 5.74) is 12.2. The molecule has 0 fully saturated rings. The lowest BCUT2D eigenvalue weighted by Crippen LogP contribution is -2.32. The molecule has 0 N–H and O–H groups in total. The van der Waals surface area contributed by atoms with Gasteiger partial charge in [0.05, 0.1) is 17.5 Å². The van der Waals surface area contributed by atoms with Gasteiger partial charge in [0, 0.05) is 16.7 Å². The number of esters is 1. The Morgan fingerprint density at radius 3 is 2.38 bits per heavy atom. The maximum atomic E-state index is 12.8. The number of rotatable bonds is 6. The van der Waals surface area contributed by atoms with Gasteiger partial charge in [0.2, 0.25) is 10.9 Å². The molecule has 0 spiro atoms. The van der Waals surface area contributed by atoms with Crippen molar-refractivity contribution in [2.75, 3.05) is 6.61 Å². The highest BCUT2D eigenvalue weighted by molar-refractivity contribution is 6.63. The summed E-state index contributed by atoms with van der Waals surface area (Å²) in [4.78, 5) is 23.9. The lowest BCUT2D eigenvalue weighted by Gasteiger charge is -2.13. The van der Waals surface area contributed by atoms with E-state index < -0.39 is 11.2 Å². The van der Waals surface area contributed by atoms with Gasteiger partial charge in [-0.2, -0.15) is 0 Å². The van der Waals surface area contributed by atoms with Crippen LogP contribution >= 0.6 is 11.6 Å². The van der Waals surface area contributed by atoms with Gasteiger partial charge >= 0.3 is 5.97 Å². The smallest absolute Gasteiger partial charge is 0.338 e. The van der Waals surface area contributed by atoms with Crippen LogP contribution in [0.15, 0.2) is 48.0 Å². The first-order valence-electron chi connectivity index (χ1n) is 9.20. The van der Waals surface area contributed by atoms with E-state index in [0.29, 0.717) is 11.1 Å². The number of ether oxygens (including phenoxy) is 1. The molecule has 2 rings (SSSR count). The number of nitrogens with zero attached hydrogens (tertiary/aromatic N) is 1. The first kappa shape index (κ1) is 22.4. The van der Waals surface area contributed by atoms with Crippen molar-refractivity contribution >= 4 is 22.8 Å². The molecule has 4 nitrogen and oxygen atoms in total. The van der Waals surface area contributed by atoms with E-state index in [-0.39, 0.29) is 13.0 Å². The Morgan fingerprint density at radius 1 is 1.10 bits per heavy atom. The fourth-order valence-electron chi connectivity index (χ4n) is 3.48. The van der Waals surface area contributed by atoms with E-state index in [1.165, 1.54) is 5.56 Å². The van der Waals surface area contributed by atoms with Crippen molar-refractivity contribution in [3.63, 3.8) is 0 Å². The Labute approximate surface area is 176 Å². The van der Waals surface area contributed by atoms with Gasteiger partial charge in [0.25, 0.3) is 0 Å². The molecule has 0 saturated heterocycles. The van der Waals surface area contributed by atoms with E-state index in [9.17, 15) is 9.59 Å². The van der Waals surface area contributed by atoms with Crippen LogP contribution in [0.3, 0.4) is 0 Å². The van der Waals surface area contributed by atoms with E-state index in [1.54, 1.807) is 0 Å². The minimum absolute atomic E-state index is 0.0755. The van der Waals surface area contributed by atoms with Crippen LogP contribution in [-0.2, 0) is 16.6 Å². The third kappa shape index (κ3) is 5.56. The Bertz CT molecular complexity index is 1050. The third-order valence-electron chi connectivity index (χ3n) is 4.61. The van der Waals surface area contributed by atoms with Crippen LogP contribution < -0.4 is 4.57 Å². The number of aromatic nitrogens is 1. The lowest BCUT2D eigenvalue weighted by molar-refractivity contribution is -0.661. The van der Waals surface area contributed by atoms with Gasteiger partial charge in [-0.05, 0) is 69.1 Å². The van der Waals surface area contributed by atoms with Gasteiger partial charge < -0.3 is 4.74 Å². The quantitative estimate of drug-likeness (QED) is 0.303. The monoisotopic (exact) mass is 410 g/mol. The van der Waals surface area contributed by atoms with Crippen molar-refractivity contribution in [3.8, 4) is 11.3 Å². The minimum Gasteiger partial charge on any atom is -0.457 e. The molecule has 5 heteroatoms. The topological polar surface area (TPSA) is 47.2 Å². The zero-order chi connectivity index (χ0) is 21.7. The summed E-state index contributed by atoms with van der Waals surface area (Å²) >= 11 is 5.42. The van der Waals surface area contributed by atoms with Gasteiger partial charge in [-0.1, -0.05) is 17.5 Å². The summed E-state index contributed by atoms with van der Waals surface area (Å²) in [6.45, 7) is 11.3. The number of hydrogen-bond donors (Lipinski definition) is 0. The molecule has 0 aliphatic carbocycles. The summed E-state index contributed by atoms with van der Waals surface area (Å²) in [6.07, 6.45) is 1.98. The van der Waals surface area contributed by atoms with Gasteiger partial charge in [-0.25, -0.2) is 9.36 Å².